The zero-order valence-corrected chi connectivity index (χ0v) is 42.2. The van der Waals surface area contributed by atoms with Crippen LogP contribution in [-0.4, -0.2) is 69.8 Å². The molecule has 0 spiro atoms. The molecule has 10 nitrogen and oxygen atoms in total. The smallest absolute Gasteiger partial charge is 0.305 e. The van der Waals surface area contributed by atoms with Crippen LogP contribution in [0.15, 0.2) is 72.8 Å². The number of hydrogen-bond acceptors (Lipinski definition) is 9. The van der Waals surface area contributed by atoms with Gasteiger partial charge in [-0.1, -0.05) is 74.2 Å². The van der Waals surface area contributed by atoms with Gasteiger partial charge in [-0.15, -0.1) is 0 Å². The number of fused-ring (bicyclic) bond motifs is 2. The number of aliphatic carboxylic acids is 1. The molecule has 0 saturated heterocycles. The lowest BCUT2D eigenvalue weighted by atomic mass is 10.00. The lowest BCUT2D eigenvalue weighted by molar-refractivity contribution is -0.143. The SMILES string of the molecule is CCOC(=O)CCCCCCN1CCCc2nc(-c3ccc(C)c(F)c3)c(-c3ccc(C)c(F)c3)nc21.Cc1ccc(-c2nc3c(nc2-c2ccc(C)c(F)c2)N(CCCCCCC(=O)O)CCC3)cc1F. The van der Waals surface area contributed by atoms with E-state index in [9.17, 15) is 27.2 Å². The summed E-state index contributed by atoms with van der Waals surface area (Å²) in [5, 5.41) is 8.80. The lowest BCUT2D eigenvalue weighted by Crippen LogP contribution is -2.32. The van der Waals surface area contributed by atoms with Gasteiger partial charge in [-0.05, 0) is 133 Å². The number of carboxylic acid groups (broad SMARTS) is 1. The van der Waals surface area contributed by atoms with Gasteiger partial charge in [-0.3, -0.25) is 9.59 Å². The molecule has 0 radical (unpaired) electrons. The minimum Gasteiger partial charge on any atom is -0.481 e. The first-order chi connectivity index (χ1) is 34.7. The van der Waals surface area contributed by atoms with Crippen LogP contribution in [0, 0.1) is 51.0 Å². The van der Waals surface area contributed by atoms with Crippen molar-refractivity contribution in [2.45, 2.75) is 125 Å². The van der Waals surface area contributed by atoms with Crippen molar-refractivity contribution in [3.05, 3.63) is 130 Å². The number of aromatic nitrogens is 4. The highest BCUT2D eigenvalue weighted by atomic mass is 19.1. The van der Waals surface area contributed by atoms with Gasteiger partial charge in [-0.2, -0.15) is 0 Å². The third kappa shape index (κ3) is 13.6. The fourth-order valence-corrected chi connectivity index (χ4v) is 9.14. The Morgan fingerprint density at radius 1 is 0.514 bits per heavy atom. The molecule has 0 saturated carbocycles. The van der Waals surface area contributed by atoms with Crippen LogP contribution in [0.25, 0.3) is 45.0 Å². The Kier molecular flexibility index (Phi) is 18.5. The van der Waals surface area contributed by atoms with Crippen LogP contribution in [-0.2, 0) is 27.2 Å². The quantitative estimate of drug-likeness (QED) is 0.0477. The van der Waals surface area contributed by atoms with Gasteiger partial charge in [-0.25, -0.2) is 37.5 Å². The highest BCUT2D eigenvalue weighted by molar-refractivity contribution is 5.81. The highest BCUT2D eigenvalue weighted by Crippen LogP contribution is 2.38. The predicted octanol–water partition coefficient (Wildman–Crippen LogP) is 13.5. The van der Waals surface area contributed by atoms with Gasteiger partial charge in [0.1, 0.15) is 23.3 Å². The molecule has 4 aromatic carbocycles. The molecule has 1 N–H and O–H groups in total. The van der Waals surface area contributed by atoms with Crippen molar-refractivity contribution in [2.75, 3.05) is 42.6 Å². The van der Waals surface area contributed by atoms with Gasteiger partial charge < -0.3 is 19.6 Å². The molecule has 72 heavy (non-hydrogen) atoms. The summed E-state index contributed by atoms with van der Waals surface area (Å²) >= 11 is 0. The molecule has 2 aliphatic heterocycles. The van der Waals surface area contributed by atoms with E-state index in [0.29, 0.717) is 86.7 Å². The zero-order valence-electron chi connectivity index (χ0n) is 42.2. The first-order valence-electron chi connectivity index (χ1n) is 25.5. The molecule has 0 atom stereocenters. The molecule has 8 rings (SSSR count). The average molecular weight is 987 g/mol. The topological polar surface area (TPSA) is 122 Å². The summed E-state index contributed by atoms with van der Waals surface area (Å²) in [6.45, 7) is 12.5. The largest absolute Gasteiger partial charge is 0.481 e. The second kappa shape index (κ2) is 25.1. The van der Waals surface area contributed by atoms with E-state index < -0.39 is 5.97 Å². The van der Waals surface area contributed by atoms with E-state index in [-0.39, 0.29) is 35.7 Å². The molecule has 2 aliphatic rings. The van der Waals surface area contributed by atoms with E-state index in [1.807, 2.05) is 31.2 Å². The van der Waals surface area contributed by atoms with Crippen molar-refractivity contribution >= 4 is 23.6 Å². The molecule has 14 heteroatoms. The lowest BCUT2D eigenvalue weighted by Gasteiger charge is -2.30. The van der Waals surface area contributed by atoms with Crippen LogP contribution in [0.3, 0.4) is 0 Å². The molecular formula is C58H66F4N6O4. The van der Waals surface area contributed by atoms with Gasteiger partial charge in [0.15, 0.2) is 11.6 Å². The maximum atomic E-state index is 14.5. The number of carbonyl (C=O) groups is 2. The minimum absolute atomic E-state index is 0.132. The van der Waals surface area contributed by atoms with Crippen molar-refractivity contribution in [3.63, 3.8) is 0 Å². The van der Waals surface area contributed by atoms with Crippen LogP contribution in [0.5, 0.6) is 0 Å². The molecule has 0 bridgehead atoms. The van der Waals surface area contributed by atoms with E-state index in [1.165, 1.54) is 24.3 Å². The van der Waals surface area contributed by atoms with Gasteiger partial charge >= 0.3 is 11.9 Å². The van der Waals surface area contributed by atoms with Crippen molar-refractivity contribution in [1.29, 1.82) is 0 Å². The standard InChI is InChI=1S/C30H35F2N3O2.C28H31F2N3O2/c1-4-37-27(36)11-7-5-6-8-16-35-17-9-10-26-30(35)34-29(23-15-13-21(3)25(32)19-23)28(33-26)22-14-12-20(2)24(31)18-22;1-18-10-12-20(16-22(18)29)26-27(21-13-11-19(2)23(30)17-21)32-28-24(31-26)8-7-15-33(28)14-6-4-3-5-9-25(34)35/h12-15,18-19H,4-11,16-17H2,1-3H3;10-13,16-17H,3-9,14-15H2,1-2H3,(H,34,35). The molecule has 6 aromatic rings. The Bertz CT molecular complexity index is 2880. The molecule has 0 aliphatic carbocycles. The van der Waals surface area contributed by atoms with E-state index >= 15 is 0 Å². The van der Waals surface area contributed by atoms with E-state index in [0.717, 1.165) is 120 Å². The number of anilines is 2. The number of unbranched alkanes of at least 4 members (excludes halogenated alkanes) is 6. The summed E-state index contributed by atoms with van der Waals surface area (Å²) in [6, 6.07) is 20.2. The molecule has 0 unspecified atom stereocenters. The van der Waals surface area contributed by atoms with Crippen LogP contribution < -0.4 is 9.80 Å². The monoisotopic (exact) mass is 987 g/mol. The predicted molar refractivity (Wildman–Crippen MR) is 276 cm³/mol. The molecule has 2 aromatic heterocycles. The number of hydrogen-bond donors (Lipinski definition) is 1. The molecule has 0 amide bonds. The van der Waals surface area contributed by atoms with Crippen molar-refractivity contribution in [1.82, 2.24) is 19.9 Å². The van der Waals surface area contributed by atoms with Gasteiger partial charge in [0.25, 0.3) is 0 Å². The first-order valence-corrected chi connectivity index (χ1v) is 25.5. The normalized spacial score (nSPS) is 13.0. The number of esters is 1. The number of carboxylic acids is 1. The van der Waals surface area contributed by atoms with Crippen LogP contribution >= 0.6 is 0 Å². The second-order valence-electron chi connectivity index (χ2n) is 18.9. The van der Waals surface area contributed by atoms with Crippen LogP contribution in [0.2, 0.25) is 0 Å². The maximum absolute atomic E-state index is 14.5. The third-order valence-corrected chi connectivity index (χ3v) is 13.4. The van der Waals surface area contributed by atoms with E-state index in [4.69, 9.17) is 29.8 Å². The number of carbonyl (C=O) groups excluding carboxylic acids is 1. The van der Waals surface area contributed by atoms with E-state index in [2.05, 4.69) is 9.80 Å². The first kappa shape index (κ1) is 53.1. The van der Waals surface area contributed by atoms with Crippen LogP contribution in [0.4, 0.5) is 29.2 Å². The Hall–Kier alpha value is -6.70. The highest BCUT2D eigenvalue weighted by Gasteiger charge is 2.26. The summed E-state index contributed by atoms with van der Waals surface area (Å²) in [5.41, 5.74) is 8.69. The maximum Gasteiger partial charge on any atom is 0.305 e. The number of aryl methyl sites for hydroxylation is 6. The van der Waals surface area contributed by atoms with Gasteiger partial charge in [0, 0.05) is 61.3 Å². The molecular weight excluding hydrogens is 921 g/mol. The number of ether oxygens (including phenoxy) is 1. The fraction of sp³-hybridized carbons (Fsp3) is 0.414. The summed E-state index contributed by atoms with van der Waals surface area (Å²) in [6.07, 6.45) is 11.4. The van der Waals surface area contributed by atoms with Gasteiger partial charge in [0.2, 0.25) is 0 Å². The number of rotatable bonds is 19. The minimum atomic E-state index is -0.755. The average Bonchev–Trinajstić information content (AvgIpc) is 3.36. The van der Waals surface area contributed by atoms with Crippen molar-refractivity contribution < 1.29 is 37.0 Å². The Morgan fingerprint density at radius 3 is 1.21 bits per heavy atom. The summed E-state index contributed by atoms with van der Waals surface area (Å²) in [5.74, 6) is -0.505. The molecule has 380 valence electrons. The number of halogens is 4. The van der Waals surface area contributed by atoms with Gasteiger partial charge in [0.05, 0.1) is 40.8 Å². The summed E-state index contributed by atoms with van der Waals surface area (Å²) < 4.78 is 63.0. The zero-order chi connectivity index (χ0) is 51.3. The Morgan fingerprint density at radius 2 is 0.861 bits per heavy atom. The van der Waals surface area contributed by atoms with Crippen molar-refractivity contribution in [2.24, 2.45) is 0 Å². The number of benzene rings is 4. The Balaban J connectivity index is 0.000000212. The fourth-order valence-electron chi connectivity index (χ4n) is 9.14. The molecule has 0 fully saturated rings. The third-order valence-electron chi connectivity index (χ3n) is 13.4. The summed E-state index contributed by atoms with van der Waals surface area (Å²) in [4.78, 5) is 46.7. The van der Waals surface area contributed by atoms with Crippen LogP contribution in [0.1, 0.15) is 118 Å². The number of nitrogens with zero attached hydrogens (tertiary/aromatic N) is 6. The second-order valence-corrected chi connectivity index (χ2v) is 18.9. The molecule has 4 heterocycles. The Labute approximate surface area is 420 Å². The van der Waals surface area contributed by atoms with Crippen molar-refractivity contribution in [3.8, 4) is 45.0 Å². The van der Waals surface area contributed by atoms with E-state index in [1.54, 1.807) is 52.0 Å². The summed E-state index contributed by atoms with van der Waals surface area (Å²) in [7, 11) is 0.